The van der Waals surface area contributed by atoms with Crippen LogP contribution in [0.3, 0.4) is 0 Å². The smallest absolute Gasteiger partial charge is 0.257 e. The molecular weight excluding hydrogens is 476 g/mol. The molecule has 4 aromatic rings. The van der Waals surface area contributed by atoms with Gasteiger partial charge in [-0.3, -0.25) is 14.5 Å². The molecule has 1 amide bonds. The van der Waals surface area contributed by atoms with Crippen LogP contribution in [0.4, 0.5) is 5.69 Å². The van der Waals surface area contributed by atoms with Gasteiger partial charge in [-0.2, -0.15) is 0 Å². The van der Waals surface area contributed by atoms with Crippen molar-refractivity contribution < 1.29 is 19.4 Å². The summed E-state index contributed by atoms with van der Waals surface area (Å²) in [6, 6.07) is 32.0. The fourth-order valence-electron chi connectivity index (χ4n) is 6.86. The van der Waals surface area contributed by atoms with Crippen LogP contribution in [-0.4, -0.2) is 40.9 Å². The topological polar surface area (TPSA) is 70.1 Å². The summed E-state index contributed by atoms with van der Waals surface area (Å²) in [5, 5.41) is 10.2. The Hall–Kier alpha value is -4.42. The fourth-order valence-corrected chi connectivity index (χ4v) is 6.86. The average molecular weight is 503 g/mol. The molecular formula is C32H26N2O4. The minimum Gasteiger partial charge on any atom is -0.508 e. The van der Waals surface area contributed by atoms with Crippen LogP contribution in [0.2, 0.25) is 0 Å². The molecule has 4 aromatic carbocycles. The Balaban J connectivity index is 1.49. The number of benzene rings is 4. The lowest BCUT2D eigenvalue weighted by Crippen LogP contribution is -2.65. The highest BCUT2D eigenvalue weighted by Gasteiger charge is 2.78. The van der Waals surface area contributed by atoms with Gasteiger partial charge in [0.2, 0.25) is 11.4 Å². The van der Waals surface area contributed by atoms with E-state index in [0.717, 1.165) is 22.4 Å². The molecule has 0 bridgehead atoms. The number of phenolic OH excluding ortho intramolecular Hbond substituents is 1. The first-order chi connectivity index (χ1) is 18.5. The third-order valence-corrected chi connectivity index (χ3v) is 8.40. The number of fused-ring (bicyclic) bond motifs is 4. The number of carbonyl (C=O) groups excluding carboxylic acids is 2. The summed E-state index contributed by atoms with van der Waals surface area (Å²) in [7, 11) is 1.91. The second-order valence-corrected chi connectivity index (χ2v) is 10.3. The monoisotopic (exact) mass is 502 g/mol. The molecule has 0 radical (unpaired) electrons. The lowest BCUT2D eigenvalue weighted by atomic mass is 9.67. The molecule has 0 aromatic heterocycles. The van der Waals surface area contributed by atoms with Crippen LogP contribution in [0.1, 0.15) is 33.0 Å². The Morgan fingerprint density at radius 3 is 2.34 bits per heavy atom. The molecule has 188 valence electrons. The van der Waals surface area contributed by atoms with Crippen molar-refractivity contribution >= 4 is 17.4 Å². The van der Waals surface area contributed by atoms with Gasteiger partial charge >= 0.3 is 0 Å². The predicted octanol–water partition coefficient (Wildman–Crippen LogP) is 4.88. The summed E-state index contributed by atoms with van der Waals surface area (Å²) < 4.78 is 6.75. The van der Waals surface area contributed by atoms with Crippen LogP contribution in [0, 0.1) is 0 Å². The third kappa shape index (κ3) is 2.75. The standard InChI is InChI=1S/C32H26N2O4/c1-33-20-26(22-12-6-3-7-13-22)32(29(36)24-17-16-23(35)18-28(24)38-32)31(33)25-14-8-9-15-27(25)34(30(31)37)19-21-10-4-2-5-11-21/h2-18,26,35H,19-20H2,1H3/t26-,31+,32-/m0/s1. The van der Waals surface area contributed by atoms with E-state index in [1.54, 1.807) is 11.0 Å². The molecule has 38 heavy (non-hydrogen) atoms. The number of rotatable bonds is 3. The molecule has 6 heteroatoms. The molecule has 0 saturated carbocycles. The summed E-state index contributed by atoms with van der Waals surface area (Å²) in [6.07, 6.45) is 0. The minimum absolute atomic E-state index is 0.00844. The Morgan fingerprint density at radius 2 is 1.58 bits per heavy atom. The van der Waals surface area contributed by atoms with Gasteiger partial charge in [0.1, 0.15) is 11.5 Å². The number of carbonyl (C=O) groups is 2. The number of ketones is 1. The van der Waals surface area contributed by atoms with E-state index in [0.29, 0.717) is 24.4 Å². The molecule has 1 N–H and O–H groups in total. The highest BCUT2D eigenvalue weighted by Crippen LogP contribution is 2.63. The number of anilines is 1. The van der Waals surface area contributed by atoms with Gasteiger partial charge in [-0.25, -0.2) is 0 Å². The first kappa shape index (κ1) is 22.8. The third-order valence-electron chi connectivity index (χ3n) is 8.40. The van der Waals surface area contributed by atoms with Gasteiger partial charge in [-0.15, -0.1) is 0 Å². The largest absolute Gasteiger partial charge is 0.508 e. The predicted molar refractivity (Wildman–Crippen MR) is 143 cm³/mol. The number of amides is 1. The summed E-state index contributed by atoms with van der Waals surface area (Å²) >= 11 is 0. The van der Waals surface area contributed by atoms with Crippen LogP contribution in [0.25, 0.3) is 0 Å². The quantitative estimate of drug-likeness (QED) is 0.433. The summed E-state index contributed by atoms with van der Waals surface area (Å²) in [5.41, 5.74) is 0.874. The molecule has 0 unspecified atom stereocenters. The van der Waals surface area contributed by atoms with Crippen molar-refractivity contribution in [3.05, 3.63) is 125 Å². The van der Waals surface area contributed by atoms with E-state index in [9.17, 15) is 14.7 Å². The molecule has 3 heterocycles. The Bertz CT molecular complexity index is 1590. The van der Waals surface area contributed by atoms with E-state index in [-0.39, 0.29) is 17.4 Å². The molecule has 1 fully saturated rings. The lowest BCUT2D eigenvalue weighted by molar-refractivity contribution is -0.135. The molecule has 6 nitrogen and oxygen atoms in total. The van der Waals surface area contributed by atoms with Gasteiger partial charge < -0.3 is 14.7 Å². The van der Waals surface area contributed by atoms with Crippen molar-refractivity contribution in [1.82, 2.24) is 4.90 Å². The van der Waals surface area contributed by atoms with Crippen LogP contribution in [0.5, 0.6) is 11.5 Å². The van der Waals surface area contributed by atoms with Gasteiger partial charge in [0, 0.05) is 29.8 Å². The molecule has 3 aliphatic heterocycles. The van der Waals surface area contributed by atoms with Crippen molar-refractivity contribution in [2.75, 3.05) is 18.5 Å². The van der Waals surface area contributed by atoms with E-state index >= 15 is 0 Å². The molecule has 7 rings (SSSR count). The van der Waals surface area contributed by atoms with Gasteiger partial charge in [0.15, 0.2) is 5.54 Å². The van der Waals surface area contributed by atoms with E-state index in [1.807, 2.05) is 96.9 Å². The number of hydrogen-bond acceptors (Lipinski definition) is 5. The number of aromatic hydroxyl groups is 1. The zero-order valence-electron chi connectivity index (χ0n) is 20.9. The molecule has 2 spiro atoms. The second kappa shape index (κ2) is 8.04. The van der Waals surface area contributed by atoms with E-state index in [4.69, 9.17) is 4.74 Å². The van der Waals surface area contributed by atoms with Crippen LogP contribution in [-0.2, 0) is 16.9 Å². The average Bonchev–Trinajstić information content (AvgIpc) is 3.48. The number of para-hydroxylation sites is 1. The fraction of sp³-hybridized carbons (Fsp3) is 0.188. The van der Waals surface area contributed by atoms with Crippen molar-refractivity contribution in [2.45, 2.75) is 23.6 Å². The molecule has 3 aliphatic rings. The van der Waals surface area contributed by atoms with Crippen molar-refractivity contribution in [3.8, 4) is 11.5 Å². The van der Waals surface area contributed by atoms with Gasteiger partial charge in [-0.1, -0.05) is 78.9 Å². The number of nitrogens with zero attached hydrogens (tertiary/aromatic N) is 2. The highest BCUT2D eigenvalue weighted by atomic mass is 16.5. The number of likely N-dealkylation sites (tertiary alicyclic amines) is 1. The number of phenols is 1. The second-order valence-electron chi connectivity index (χ2n) is 10.3. The minimum atomic E-state index is -1.56. The van der Waals surface area contributed by atoms with Crippen molar-refractivity contribution in [3.63, 3.8) is 0 Å². The van der Waals surface area contributed by atoms with Gasteiger partial charge in [0.05, 0.1) is 12.1 Å². The zero-order valence-corrected chi connectivity index (χ0v) is 20.9. The molecule has 1 saturated heterocycles. The highest BCUT2D eigenvalue weighted by molar-refractivity contribution is 6.19. The Kier molecular flexibility index (Phi) is 4.81. The Labute approximate surface area is 220 Å². The normalized spacial score (nSPS) is 25.7. The maximum atomic E-state index is 14.9. The Morgan fingerprint density at radius 1 is 0.895 bits per heavy atom. The molecule has 0 aliphatic carbocycles. The zero-order chi connectivity index (χ0) is 26.1. The number of ether oxygens (including phenoxy) is 1. The SMILES string of the molecule is CN1C[C@@H](c2ccccc2)[C@@]2(Oc3cc(O)ccc3C2=O)[C@@]12C(=O)N(Cc1ccccc1)c1ccccc12. The summed E-state index contributed by atoms with van der Waals surface area (Å²) in [4.78, 5) is 33.3. The first-order valence-corrected chi connectivity index (χ1v) is 12.8. The summed E-state index contributed by atoms with van der Waals surface area (Å²) in [6.45, 7) is 0.815. The van der Waals surface area contributed by atoms with Crippen molar-refractivity contribution in [1.29, 1.82) is 0 Å². The van der Waals surface area contributed by atoms with Gasteiger partial charge in [0.25, 0.3) is 5.91 Å². The van der Waals surface area contributed by atoms with E-state index in [1.165, 1.54) is 12.1 Å². The number of likely N-dealkylation sites (N-methyl/N-ethyl adjacent to an activating group) is 1. The maximum absolute atomic E-state index is 14.9. The number of Topliss-reactive ketones (excluding diaryl/α,β-unsaturated/α-hetero) is 1. The van der Waals surface area contributed by atoms with Gasteiger partial charge in [-0.05, 0) is 36.4 Å². The maximum Gasteiger partial charge on any atom is 0.257 e. The van der Waals surface area contributed by atoms with E-state index in [2.05, 4.69) is 0 Å². The van der Waals surface area contributed by atoms with Crippen molar-refractivity contribution in [2.24, 2.45) is 0 Å². The van der Waals surface area contributed by atoms with Crippen LogP contribution in [0.15, 0.2) is 103 Å². The van der Waals surface area contributed by atoms with Crippen LogP contribution < -0.4 is 9.64 Å². The molecule has 3 atom stereocenters. The van der Waals surface area contributed by atoms with E-state index < -0.39 is 17.1 Å². The summed E-state index contributed by atoms with van der Waals surface area (Å²) in [5.74, 6) is -0.541. The number of hydrogen-bond donors (Lipinski definition) is 1. The van der Waals surface area contributed by atoms with Crippen LogP contribution >= 0.6 is 0 Å². The first-order valence-electron chi connectivity index (χ1n) is 12.8. The lowest BCUT2D eigenvalue weighted by Gasteiger charge is -2.42.